The Kier molecular flexibility index (Phi) is 7.97. The summed E-state index contributed by atoms with van der Waals surface area (Å²) in [6, 6.07) is 14.4. The lowest BCUT2D eigenvalue weighted by Crippen LogP contribution is -2.47. The first-order chi connectivity index (χ1) is 18.9. The molecule has 2 amide bonds. The zero-order valence-corrected chi connectivity index (χ0v) is 22.5. The number of carbonyl (C=O) groups excluding carboxylic acids is 2. The molecule has 0 bridgehead atoms. The second-order valence-corrected chi connectivity index (χ2v) is 10.4. The van der Waals surface area contributed by atoms with Crippen molar-refractivity contribution in [2.24, 2.45) is 0 Å². The fourth-order valence-electron chi connectivity index (χ4n) is 4.83. The Balaban J connectivity index is 1.53. The molecule has 202 valence electrons. The van der Waals surface area contributed by atoms with Gasteiger partial charge in [-0.2, -0.15) is 4.80 Å². The van der Waals surface area contributed by atoms with Crippen LogP contribution in [0.4, 0.5) is 10.1 Å². The molecule has 1 fully saturated rings. The number of rotatable bonds is 9. The third-order valence-electron chi connectivity index (χ3n) is 6.73. The predicted molar refractivity (Wildman–Crippen MR) is 146 cm³/mol. The molecular weight excluding hydrogens is 519 g/mol. The molecule has 9 nitrogen and oxygen atoms in total. The molecule has 0 aliphatic heterocycles. The molecule has 1 aliphatic rings. The van der Waals surface area contributed by atoms with E-state index in [1.54, 1.807) is 24.3 Å². The molecular formula is C28H29FN6O3S. The Labute approximate surface area is 229 Å². The van der Waals surface area contributed by atoms with E-state index in [1.165, 1.54) is 29.4 Å². The van der Waals surface area contributed by atoms with Crippen molar-refractivity contribution in [3.8, 4) is 17.1 Å². The van der Waals surface area contributed by atoms with Gasteiger partial charge in [0.1, 0.15) is 24.2 Å². The van der Waals surface area contributed by atoms with Crippen LogP contribution in [0.2, 0.25) is 0 Å². The van der Waals surface area contributed by atoms with Crippen molar-refractivity contribution in [1.29, 1.82) is 0 Å². The van der Waals surface area contributed by atoms with Crippen LogP contribution in [0, 0.1) is 12.7 Å². The summed E-state index contributed by atoms with van der Waals surface area (Å²) in [5.74, 6) is -0.691. The maximum atomic E-state index is 14.3. The Hall–Kier alpha value is -4.12. The predicted octanol–water partition coefficient (Wildman–Crippen LogP) is 4.69. The van der Waals surface area contributed by atoms with Gasteiger partial charge in [0.05, 0.1) is 18.4 Å². The number of nitrogens with one attached hydrogen (secondary N) is 1. The van der Waals surface area contributed by atoms with Gasteiger partial charge < -0.3 is 10.1 Å². The molecule has 5 rings (SSSR count). The van der Waals surface area contributed by atoms with Gasteiger partial charge in [0.15, 0.2) is 0 Å². The Morgan fingerprint density at radius 3 is 2.69 bits per heavy atom. The molecule has 1 N–H and O–H groups in total. The standard InChI is InChI=1S/C28H29FN6O3S/c1-18-13-14-23(38-2)22(16-18)35(26(24-12-7-15-39-24)28(37)30-19-8-3-4-9-19)25(36)17-34-32-27(31-33-34)20-10-5-6-11-21(20)29/h5-7,10-16,19,26H,3-4,8-9,17H2,1-2H3,(H,30,37)/t26-/m1/s1. The normalized spacial score (nSPS) is 14.2. The number of hydrogen-bond acceptors (Lipinski definition) is 7. The third-order valence-corrected chi connectivity index (χ3v) is 7.65. The highest BCUT2D eigenvalue weighted by molar-refractivity contribution is 7.10. The van der Waals surface area contributed by atoms with Gasteiger partial charge in [0.2, 0.25) is 11.7 Å². The number of tetrazole rings is 1. The maximum Gasteiger partial charge on any atom is 0.251 e. The Bertz CT molecular complexity index is 1450. The first kappa shape index (κ1) is 26.5. The number of nitrogens with zero attached hydrogens (tertiary/aromatic N) is 5. The van der Waals surface area contributed by atoms with Crippen LogP contribution in [0.15, 0.2) is 60.0 Å². The van der Waals surface area contributed by atoms with Gasteiger partial charge in [-0.05, 0) is 66.3 Å². The van der Waals surface area contributed by atoms with Gasteiger partial charge in [-0.15, -0.1) is 21.5 Å². The van der Waals surface area contributed by atoms with E-state index < -0.39 is 17.8 Å². The Morgan fingerprint density at radius 1 is 1.18 bits per heavy atom. The number of amides is 2. The summed E-state index contributed by atoms with van der Waals surface area (Å²) >= 11 is 1.40. The third kappa shape index (κ3) is 5.83. The van der Waals surface area contributed by atoms with E-state index in [9.17, 15) is 14.0 Å². The van der Waals surface area contributed by atoms with E-state index in [0.29, 0.717) is 16.3 Å². The lowest BCUT2D eigenvalue weighted by Gasteiger charge is -2.32. The molecule has 39 heavy (non-hydrogen) atoms. The SMILES string of the molecule is COc1ccc(C)cc1N(C(=O)Cn1nnc(-c2ccccc2F)n1)[C@@H](C(=O)NC1CCCC1)c1cccs1. The lowest BCUT2D eigenvalue weighted by molar-refractivity contribution is -0.127. The van der Waals surface area contributed by atoms with Crippen LogP contribution in [0.25, 0.3) is 11.4 Å². The van der Waals surface area contributed by atoms with Crippen LogP contribution in [-0.2, 0) is 16.1 Å². The zero-order chi connectivity index (χ0) is 27.4. The van der Waals surface area contributed by atoms with E-state index in [-0.39, 0.29) is 29.9 Å². The van der Waals surface area contributed by atoms with Crippen LogP contribution < -0.4 is 15.0 Å². The highest BCUT2D eigenvalue weighted by atomic mass is 32.1. The summed E-state index contributed by atoms with van der Waals surface area (Å²) in [6.45, 7) is 1.58. The van der Waals surface area contributed by atoms with Gasteiger partial charge in [-0.1, -0.05) is 37.1 Å². The molecule has 4 aromatic rings. The number of methoxy groups -OCH3 is 1. The van der Waals surface area contributed by atoms with Gasteiger partial charge in [-0.3, -0.25) is 14.5 Å². The van der Waals surface area contributed by atoms with Gasteiger partial charge in [0, 0.05) is 10.9 Å². The topological polar surface area (TPSA) is 102 Å². The van der Waals surface area contributed by atoms with E-state index in [2.05, 4.69) is 20.7 Å². The molecule has 0 saturated heterocycles. The average molecular weight is 549 g/mol. The smallest absolute Gasteiger partial charge is 0.251 e. The molecule has 1 atom stereocenters. The number of halogens is 1. The van der Waals surface area contributed by atoms with Crippen LogP contribution in [-0.4, -0.2) is 45.2 Å². The summed E-state index contributed by atoms with van der Waals surface area (Å²) in [5, 5.41) is 17.2. The number of thiophene rings is 1. The fraction of sp³-hybridized carbons (Fsp3) is 0.321. The van der Waals surface area contributed by atoms with Crippen molar-refractivity contribution in [3.63, 3.8) is 0 Å². The van der Waals surface area contributed by atoms with Crippen LogP contribution in [0.3, 0.4) is 0 Å². The summed E-state index contributed by atoms with van der Waals surface area (Å²) in [6.07, 6.45) is 3.94. The number of aryl methyl sites for hydroxylation is 1. The van der Waals surface area contributed by atoms with Crippen molar-refractivity contribution in [2.45, 2.75) is 51.2 Å². The van der Waals surface area contributed by atoms with E-state index in [0.717, 1.165) is 36.0 Å². The number of ether oxygens (including phenoxy) is 1. The van der Waals surface area contributed by atoms with Gasteiger partial charge >= 0.3 is 0 Å². The number of aromatic nitrogens is 4. The zero-order valence-electron chi connectivity index (χ0n) is 21.7. The average Bonchev–Trinajstić information content (AvgIpc) is 3.71. The van der Waals surface area contributed by atoms with E-state index >= 15 is 0 Å². The number of benzene rings is 2. The maximum absolute atomic E-state index is 14.3. The molecule has 0 radical (unpaired) electrons. The van der Waals surface area contributed by atoms with Crippen molar-refractivity contribution in [3.05, 3.63) is 76.2 Å². The summed E-state index contributed by atoms with van der Waals surface area (Å²) in [4.78, 5) is 31.2. The van der Waals surface area contributed by atoms with Crippen molar-refractivity contribution >= 4 is 28.8 Å². The monoisotopic (exact) mass is 548 g/mol. The van der Waals surface area contributed by atoms with Crippen molar-refractivity contribution in [1.82, 2.24) is 25.5 Å². The molecule has 1 saturated carbocycles. The number of hydrogen-bond donors (Lipinski definition) is 1. The highest BCUT2D eigenvalue weighted by Crippen LogP contribution is 2.37. The second kappa shape index (κ2) is 11.7. The molecule has 1 aliphatic carbocycles. The first-order valence-electron chi connectivity index (χ1n) is 12.8. The quantitative estimate of drug-likeness (QED) is 0.326. The molecule has 0 spiro atoms. The molecule has 2 aromatic heterocycles. The largest absolute Gasteiger partial charge is 0.495 e. The second-order valence-electron chi connectivity index (χ2n) is 9.47. The molecule has 2 aromatic carbocycles. The Morgan fingerprint density at radius 2 is 1.97 bits per heavy atom. The van der Waals surface area contributed by atoms with Crippen LogP contribution in [0.5, 0.6) is 5.75 Å². The highest BCUT2D eigenvalue weighted by Gasteiger charge is 2.36. The van der Waals surface area contributed by atoms with Crippen LogP contribution >= 0.6 is 11.3 Å². The van der Waals surface area contributed by atoms with Gasteiger partial charge in [0.25, 0.3) is 5.91 Å². The molecule has 11 heteroatoms. The number of carbonyl (C=O) groups is 2. The van der Waals surface area contributed by atoms with Crippen LogP contribution in [0.1, 0.15) is 42.2 Å². The fourth-order valence-corrected chi connectivity index (χ4v) is 5.65. The van der Waals surface area contributed by atoms with Gasteiger partial charge in [-0.25, -0.2) is 4.39 Å². The minimum atomic E-state index is -0.941. The number of anilines is 1. The lowest BCUT2D eigenvalue weighted by atomic mass is 10.1. The minimum Gasteiger partial charge on any atom is -0.495 e. The summed E-state index contributed by atoms with van der Waals surface area (Å²) < 4.78 is 19.9. The van der Waals surface area contributed by atoms with Crippen molar-refractivity contribution < 1.29 is 18.7 Å². The molecule has 2 heterocycles. The molecule has 0 unspecified atom stereocenters. The van der Waals surface area contributed by atoms with E-state index in [4.69, 9.17) is 4.74 Å². The first-order valence-corrected chi connectivity index (χ1v) is 13.7. The summed E-state index contributed by atoms with van der Waals surface area (Å²) in [5.41, 5.74) is 1.53. The van der Waals surface area contributed by atoms with E-state index in [1.807, 2.05) is 36.6 Å². The minimum absolute atomic E-state index is 0.0642. The van der Waals surface area contributed by atoms with Crippen molar-refractivity contribution in [2.75, 3.05) is 12.0 Å². The summed E-state index contributed by atoms with van der Waals surface area (Å²) in [7, 11) is 1.52.